The summed E-state index contributed by atoms with van der Waals surface area (Å²) in [6.45, 7) is 0. The first-order chi connectivity index (χ1) is 17.4. The second-order valence-electron chi connectivity index (χ2n) is 9.01. The molecule has 1 aliphatic carbocycles. The molecule has 1 heterocycles. The summed E-state index contributed by atoms with van der Waals surface area (Å²) in [6, 6.07) is 19.7. The Bertz CT molecular complexity index is 1280. The molecular formula is C28H29NO7. The predicted octanol–water partition coefficient (Wildman–Crippen LogP) is 2.71. The molecule has 0 bridgehead atoms. The van der Waals surface area contributed by atoms with Gasteiger partial charge in [-0.1, -0.05) is 42.5 Å². The number of aliphatic hydroxyl groups excluding tert-OH is 1. The van der Waals surface area contributed by atoms with Crippen LogP contribution in [0.15, 0.2) is 66.7 Å². The second-order valence-corrected chi connectivity index (χ2v) is 9.01. The van der Waals surface area contributed by atoms with Gasteiger partial charge in [0.05, 0.1) is 32.8 Å². The zero-order chi connectivity index (χ0) is 25.7. The molecule has 0 aromatic heterocycles. The van der Waals surface area contributed by atoms with Gasteiger partial charge in [-0.2, -0.15) is 0 Å². The summed E-state index contributed by atoms with van der Waals surface area (Å²) in [5.41, 5.74) is -2.06. The van der Waals surface area contributed by atoms with E-state index in [0.29, 0.717) is 22.8 Å². The molecule has 1 saturated carbocycles. The third-order valence-electron chi connectivity index (χ3n) is 7.51. The molecule has 5 rings (SSSR count). The maximum Gasteiger partial charge on any atom is 0.226 e. The van der Waals surface area contributed by atoms with Gasteiger partial charge in [-0.3, -0.25) is 4.79 Å². The Balaban J connectivity index is 1.88. The van der Waals surface area contributed by atoms with E-state index >= 15 is 0 Å². The fourth-order valence-electron chi connectivity index (χ4n) is 5.96. The molecule has 0 unspecified atom stereocenters. The van der Waals surface area contributed by atoms with Crippen molar-refractivity contribution in [2.24, 2.45) is 5.92 Å². The quantitative estimate of drug-likeness (QED) is 0.487. The van der Waals surface area contributed by atoms with Crippen molar-refractivity contribution >= 4 is 5.91 Å². The highest BCUT2D eigenvalue weighted by Gasteiger charge is 2.78. The molecular weight excluding hydrogens is 462 g/mol. The molecule has 1 aliphatic heterocycles. The van der Waals surface area contributed by atoms with Crippen molar-refractivity contribution < 1.29 is 34.0 Å². The van der Waals surface area contributed by atoms with E-state index in [1.807, 2.05) is 30.3 Å². The number of amides is 1. The van der Waals surface area contributed by atoms with Gasteiger partial charge in [0.15, 0.2) is 11.2 Å². The van der Waals surface area contributed by atoms with Crippen LogP contribution in [0.4, 0.5) is 0 Å². The molecule has 0 spiro atoms. The summed E-state index contributed by atoms with van der Waals surface area (Å²) in [5, 5.41) is 27.2. The van der Waals surface area contributed by atoms with Crippen LogP contribution in [0.1, 0.15) is 22.6 Å². The Kier molecular flexibility index (Phi) is 5.81. The molecule has 3 aromatic rings. The van der Waals surface area contributed by atoms with E-state index in [1.54, 1.807) is 43.5 Å². The number of carbonyl (C=O) groups excluding carboxylic acids is 1. The lowest BCUT2D eigenvalue weighted by atomic mass is 9.70. The van der Waals surface area contributed by atoms with E-state index in [4.69, 9.17) is 18.9 Å². The van der Waals surface area contributed by atoms with Crippen molar-refractivity contribution in [2.45, 2.75) is 23.2 Å². The van der Waals surface area contributed by atoms with Crippen LogP contribution in [0.3, 0.4) is 0 Å². The fraction of sp³-hybridized carbons (Fsp3) is 0.321. The van der Waals surface area contributed by atoms with E-state index in [9.17, 15) is 15.0 Å². The Morgan fingerprint density at radius 3 is 2.19 bits per heavy atom. The van der Waals surface area contributed by atoms with Crippen molar-refractivity contribution in [3.05, 3.63) is 83.4 Å². The molecule has 0 saturated heterocycles. The number of carbonyl (C=O) groups is 1. The van der Waals surface area contributed by atoms with E-state index in [-0.39, 0.29) is 11.3 Å². The Hall–Kier alpha value is -3.75. The molecule has 5 atom stereocenters. The average Bonchev–Trinajstić information content (AvgIpc) is 3.30. The molecule has 3 aromatic carbocycles. The number of hydrogen-bond donors (Lipinski definition) is 3. The topological polar surface area (TPSA) is 106 Å². The number of methoxy groups -OCH3 is 3. The van der Waals surface area contributed by atoms with E-state index in [1.165, 1.54) is 21.3 Å². The van der Waals surface area contributed by atoms with Crippen LogP contribution in [0, 0.1) is 5.92 Å². The standard InChI is InChI=1S/C28H29NO7/c1-29-26(31)22-23(16-8-6-5-7-9-16)28(17-10-12-18(33-2)13-11-17)27(32,25(22)30)24-20(35-4)14-19(34-3)15-21(24)36-28/h5-15,22-23,25,30,32H,1-4H3,(H,29,31)/t22-,23-,25-,27+,28+/m1/s1. The number of hydrogen-bond acceptors (Lipinski definition) is 7. The maximum atomic E-state index is 13.3. The van der Waals surface area contributed by atoms with Gasteiger partial charge in [0.1, 0.15) is 29.1 Å². The molecule has 0 radical (unpaired) electrons. The molecule has 8 heteroatoms. The van der Waals surface area contributed by atoms with E-state index in [2.05, 4.69) is 5.32 Å². The molecule has 2 aliphatic rings. The highest BCUT2D eigenvalue weighted by atomic mass is 16.5. The van der Waals surface area contributed by atoms with Gasteiger partial charge in [-0.25, -0.2) is 0 Å². The first kappa shape index (κ1) is 24.0. The van der Waals surface area contributed by atoms with Gasteiger partial charge in [-0.05, 0) is 23.3 Å². The number of benzene rings is 3. The van der Waals surface area contributed by atoms with E-state index in [0.717, 1.165) is 5.56 Å². The van der Waals surface area contributed by atoms with E-state index < -0.39 is 35.0 Å². The number of aliphatic hydroxyl groups is 2. The molecule has 1 fully saturated rings. The summed E-state index contributed by atoms with van der Waals surface area (Å²) in [7, 11) is 6.07. The lowest BCUT2D eigenvalue weighted by Gasteiger charge is -2.40. The molecule has 36 heavy (non-hydrogen) atoms. The highest BCUT2D eigenvalue weighted by Crippen LogP contribution is 2.70. The fourth-order valence-corrected chi connectivity index (χ4v) is 5.96. The van der Waals surface area contributed by atoms with Gasteiger partial charge >= 0.3 is 0 Å². The zero-order valence-electron chi connectivity index (χ0n) is 20.5. The van der Waals surface area contributed by atoms with Crippen LogP contribution in [0.25, 0.3) is 0 Å². The zero-order valence-corrected chi connectivity index (χ0v) is 20.5. The summed E-state index contributed by atoms with van der Waals surface area (Å²) < 4.78 is 23.2. The smallest absolute Gasteiger partial charge is 0.226 e. The lowest BCUT2D eigenvalue weighted by Crippen LogP contribution is -2.52. The van der Waals surface area contributed by atoms with Gasteiger partial charge in [-0.15, -0.1) is 0 Å². The van der Waals surface area contributed by atoms with Crippen LogP contribution in [-0.4, -0.2) is 50.6 Å². The predicted molar refractivity (Wildman–Crippen MR) is 131 cm³/mol. The third kappa shape index (κ3) is 3.04. The van der Waals surface area contributed by atoms with Crippen molar-refractivity contribution in [2.75, 3.05) is 28.4 Å². The van der Waals surface area contributed by atoms with Crippen LogP contribution >= 0.6 is 0 Å². The monoisotopic (exact) mass is 491 g/mol. The summed E-state index contributed by atoms with van der Waals surface area (Å²) in [4.78, 5) is 13.3. The van der Waals surface area contributed by atoms with Gasteiger partial charge in [0.25, 0.3) is 0 Å². The van der Waals surface area contributed by atoms with Crippen molar-refractivity contribution in [3.63, 3.8) is 0 Å². The number of ether oxygens (including phenoxy) is 4. The Morgan fingerprint density at radius 1 is 0.944 bits per heavy atom. The van der Waals surface area contributed by atoms with Crippen LogP contribution in [0.5, 0.6) is 23.0 Å². The minimum atomic E-state index is -2.05. The molecule has 1 amide bonds. The highest BCUT2D eigenvalue weighted by molar-refractivity contribution is 5.83. The average molecular weight is 492 g/mol. The molecule has 3 N–H and O–H groups in total. The molecule has 188 valence electrons. The first-order valence-corrected chi connectivity index (χ1v) is 11.6. The Morgan fingerprint density at radius 2 is 1.61 bits per heavy atom. The van der Waals surface area contributed by atoms with Crippen molar-refractivity contribution in [1.29, 1.82) is 0 Å². The number of fused-ring (bicyclic) bond motifs is 3. The number of rotatable bonds is 6. The SMILES string of the molecule is CNC(=O)[C@H]1[C@@H](O)[C@@]2(O)c3c(OC)cc(OC)cc3O[C@@]2(c2ccc(OC)cc2)[C@@H]1c1ccccc1. The van der Waals surface area contributed by atoms with Crippen molar-refractivity contribution in [1.82, 2.24) is 5.32 Å². The summed E-state index contributed by atoms with van der Waals surface area (Å²) >= 11 is 0. The van der Waals surface area contributed by atoms with Crippen LogP contribution < -0.4 is 24.3 Å². The second kappa shape index (κ2) is 8.72. The van der Waals surface area contributed by atoms with Crippen LogP contribution in [-0.2, 0) is 16.0 Å². The minimum Gasteiger partial charge on any atom is -0.497 e. The third-order valence-corrected chi connectivity index (χ3v) is 7.51. The van der Waals surface area contributed by atoms with Gasteiger partial charge < -0.3 is 34.5 Å². The maximum absolute atomic E-state index is 13.3. The van der Waals surface area contributed by atoms with Crippen molar-refractivity contribution in [3.8, 4) is 23.0 Å². The normalized spacial score (nSPS) is 28.0. The Labute approximate surface area is 209 Å². The molecule has 8 nitrogen and oxygen atoms in total. The largest absolute Gasteiger partial charge is 0.497 e. The van der Waals surface area contributed by atoms with Gasteiger partial charge in [0.2, 0.25) is 5.91 Å². The minimum absolute atomic E-state index is 0.265. The summed E-state index contributed by atoms with van der Waals surface area (Å²) in [6.07, 6.45) is -1.53. The first-order valence-electron chi connectivity index (χ1n) is 11.6. The van der Waals surface area contributed by atoms with Crippen LogP contribution in [0.2, 0.25) is 0 Å². The summed E-state index contributed by atoms with van der Waals surface area (Å²) in [5.74, 6) is -0.548. The number of nitrogens with one attached hydrogen (secondary N) is 1. The van der Waals surface area contributed by atoms with Gasteiger partial charge in [0, 0.05) is 25.1 Å². The lowest BCUT2D eigenvalue weighted by molar-refractivity contribution is -0.154.